The Hall–Kier alpha value is -2.34. The third kappa shape index (κ3) is 3.85. The van der Waals surface area contributed by atoms with Gasteiger partial charge >= 0.3 is 5.97 Å². The van der Waals surface area contributed by atoms with E-state index in [0.717, 1.165) is 5.56 Å². The number of sulfonamides is 1. The number of ether oxygens (including phenoxy) is 1. The fourth-order valence-electron chi connectivity index (χ4n) is 1.93. The molecular formula is C16H17NO4S. The summed E-state index contributed by atoms with van der Waals surface area (Å²) in [6, 6.07) is 12.8. The lowest BCUT2D eigenvalue weighted by atomic mass is 10.2. The summed E-state index contributed by atoms with van der Waals surface area (Å²) < 4.78 is 32.1. The minimum absolute atomic E-state index is 0.0135. The zero-order valence-corrected chi connectivity index (χ0v) is 13.2. The summed E-state index contributed by atoms with van der Waals surface area (Å²) in [6.45, 7) is 3.80. The molecule has 2 aromatic rings. The van der Waals surface area contributed by atoms with Crippen LogP contribution in [0.25, 0.3) is 0 Å². The van der Waals surface area contributed by atoms with Gasteiger partial charge in [0.2, 0.25) is 0 Å². The van der Waals surface area contributed by atoms with Crippen molar-refractivity contribution in [1.82, 2.24) is 0 Å². The molecule has 0 radical (unpaired) electrons. The van der Waals surface area contributed by atoms with Gasteiger partial charge in [0.05, 0.1) is 17.1 Å². The molecule has 0 aliphatic heterocycles. The molecule has 116 valence electrons. The van der Waals surface area contributed by atoms with E-state index in [2.05, 4.69) is 4.72 Å². The van der Waals surface area contributed by atoms with Crippen LogP contribution in [0.3, 0.4) is 0 Å². The third-order valence-corrected chi connectivity index (χ3v) is 4.30. The SMILES string of the molecule is CCOC(=O)c1cccc(S(=O)(=O)Nc2cccc(C)c2)c1. The fraction of sp³-hybridized carbons (Fsp3) is 0.188. The highest BCUT2D eigenvalue weighted by atomic mass is 32.2. The summed E-state index contributed by atoms with van der Waals surface area (Å²) in [5.41, 5.74) is 1.62. The van der Waals surface area contributed by atoms with Gasteiger partial charge in [0.15, 0.2) is 0 Å². The van der Waals surface area contributed by atoms with E-state index in [-0.39, 0.29) is 17.1 Å². The number of carbonyl (C=O) groups is 1. The van der Waals surface area contributed by atoms with Crippen LogP contribution in [-0.2, 0) is 14.8 Å². The molecule has 0 aromatic heterocycles. The summed E-state index contributed by atoms with van der Waals surface area (Å²) >= 11 is 0. The fourth-order valence-corrected chi connectivity index (χ4v) is 3.02. The van der Waals surface area contributed by atoms with Crippen LogP contribution in [0.2, 0.25) is 0 Å². The van der Waals surface area contributed by atoms with Gasteiger partial charge in [-0.3, -0.25) is 4.72 Å². The van der Waals surface area contributed by atoms with Crippen molar-refractivity contribution in [3.05, 3.63) is 59.7 Å². The minimum Gasteiger partial charge on any atom is -0.462 e. The largest absolute Gasteiger partial charge is 0.462 e. The second-order valence-electron chi connectivity index (χ2n) is 4.72. The first kappa shape index (κ1) is 16.0. The van der Waals surface area contributed by atoms with Gasteiger partial charge in [0, 0.05) is 5.69 Å². The Morgan fingerprint density at radius 2 is 1.86 bits per heavy atom. The zero-order chi connectivity index (χ0) is 16.2. The molecule has 22 heavy (non-hydrogen) atoms. The second kappa shape index (κ2) is 6.62. The summed E-state index contributed by atoms with van der Waals surface area (Å²) in [4.78, 5) is 11.7. The Labute approximate surface area is 130 Å². The number of aryl methyl sites for hydroxylation is 1. The molecule has 6 heteroatoms. The quantitative estimate of drug-likeness (QED) is 0.860. The lowest BCUT2D eigenvalue weighted by molar-refractivity contribution is 0.0526. The van der Waals surface area contributed by atoms with Crippen molar-refractivity contribution in [2.24, 2.45) is 0 Å². The van der Waals surface area contributed by atoms with Crippen molar-refractivity contribution in [3.63, 3.8) is 0 Å². The standard InChI is InChI=1S/C16H17NO4S/c1-3-21-16(18)13-7-5-9-15(11-13)22(19,20)17-14-8-4-6-12(2)10-14/h4-11,17H,3H2,1-2H3. The van der Waals surface area contributed by atoms with Gasteiger partial charge < -0.3 is 4.74 Å². The van der Waals surface area contributed by atoms with Crippen LogP contribution >= 0.6 is 0 Å². The van der Waals surface area contributed by atoms with Crippen LogP contribution in [-0.4, -0.2) is 21.0 Å². The van der Waals surface area contributed by atoms with Crippen LogP contribution in [0.1, 0.15) is 22.8 Å². The predicted molar refractivity (Wildman–Crippen MR) is 84.4 cm³/mol. The van der Waals surface area contributed by atoms with Gasteiger partial charge in [-0.25, -0.2) is 13.2 Å². The van der Waals surface area contributed by atoms with Gasteiger partial charge in [-0.15, -0.1) is 0 Å². The number of nitrogens with one attached hydrogen (secondary N) is 1. The van der Waals surface area contributed by atoms with Crippen LogP contribution < -0.4 is 4.72 Å². The molecule has 0 heterocycles. The number of esters is 1. The lowest BCUT2D eigenvalue weighted by Crippen LogP contribution is -2.14. The Kier molecular flexibility index (Phi) is 4.82. The number of carbonyl (C=O) groups excluding carboxylic acids is 1. The van der Waals surface area contributed by atoms with Crippen molar-refractivity contribution in [3.8, 4) is 0 Å². The van der Waals surface area contributed by atoms with Gasteiger partial charge in [0.1, 0.15) is 0 Å². The topological polar surface area (TPSA) is 72.5 Å². The molecule has 0 spiro atoms. The second-order valence-corrected chi connectivity index (χ2v) is 6.41. The summed E-state index contributed by atoms with van der Waals surface area (Å²) in [6.07, 6.45) is 0. The molecule has 0 aliphatic carbocycles. The van der Waals surface area contributed by atoms with E-state index in [1.54, 1.807) is 25.1 Å². The molecule has 2 aromatic carbocycles. The maximum atomic E-state index is 12.4. The average molecular weight is 319 g/mol. The predicted octanol–water partition coefficient (Wildman–Crippen LogP) is 2.97. The van der Waals surface area contributed by atoms with Crippen molar-refractivity contribution in [2.75, 3.05) is 11.3 Å². The van der Waals surface area contributed by atoms with E-state index < -0.39 is 16.0 Å². The van der Waals surface area contributed by atoms with Gasteiger partial charge in [-0.05, 0) is 49.7 Å². The van der Waals surface area contributed by atoms with Crippen LogP contribution in [0.15, 0.2) is 53.4 Å². The monoisotopic (exact) mass is 319 g/mol. The third-order valence-electron chi connectivity index (χ3n) is 2.93. The van der Waals surface area contributed by atoms with Crippen LogP contribution in [0.4, 0.5) is 5.69 Å². The number of benzene rings is 2. The van der Waals surface area contributed by atoms with Gasteiger partial charge in [0.25, 0.3) is 10.0 Å². The molecule has 0 unspecified atom stereocenters. The Balaban J connectivity index is 2.30. The highest BCUT2D eigenvalue weighted by Gasteiger charge is 2.17. The molecule has 0 fully saturated rings. The van der Waals surface area contributed by atoms with Crippen LogP contribution in [0, 0.1) is 6.92 Å². The summed E-state index contributed by atoms with van der Waals surface area (Å²) in [7, 11) is -3.76. The highest BCUT2D eigenvalue weighted by Crippen LogP contribution is 2.18. The molecular weight excluding hydrogens is 302 g/mol. The van der Waals surface area contributed by atoms with E-state index in [9.17, 15) is 13.2 Å². The molecule has 1 N–H and O–H groups in total. The average Bonchev–Trinajstić information content (AvgIpc) is 2.47. The van der Waals surface area contributed by atoms with E-state index in [0.29, 0.717) is 5.69 Å². The number of hydrogen-bond acceptors (Lipinski definition) is 4. The molecule has 0 saturated carbocycles. The van der Waals surface area contributed by atoms with Gasteiger partial charge in [-0.2, -0.15) is 0 Å². The zero-order valence-electron chi connectivity index (χ0n) is 12.4. The van der Waals surface area contributed by atoms with E-state index in [1.165, 1.54) is 24.3 Å². The minimum atomic E-state index is -3.76. The Morgan fingerprint density at radius 1 is 1.14 bits per heavy atom. The molecule has 2 rings (SSSR count). The van der Waals surface area contributed by atoms with E-state index >= 15 is 0 Å². The van der Waals surface area contributed by atoms with E-state index in [1.807, 2.05) is 13.0 Å². The normalized spacial score (nSPS) is 11.0. The summed E-state index contributed by atoms with van der Waals surface area (Å²) in [5, 5.41) is 0. The van der Waals surface area contributed by atoms with Crippen molar-refractivity contribution in [2.45, 2.75) is 18.7 Å². The number of rotatable bonds is 5. The number of hydrogen-bond donors (Lipinski definition) is 1. The molecule has 5 nitrogen and oxygen atoms in total. The van der Waals surface area contributed by atoms with Gasteiger partial charge in [-0.1, -0.05) is 18.2 Å². The maximum absolute atomic E-state index is 12.4. The lowest BCUT2D eigenvalue weighted by Gasteiger charge is -2.09. The first-order valence-corrected chi connectivity index (χ1v) is 8.27. The van der Waals surface area contributed by atoms with Crippen LogP contribution in [0.5, 0.6) is 0 Å². The Bertz CT molecular complexity index is 784. The van der Waals surface area contributed by atoms with Crippen molar-refractivity contribution < 1.29 is 17.9 Å². The number of anilines is 1. The molecule has 0 amide bonds. The van der Waals surface area contributed by atoms with Crippen molar-refractivity contribution in [1.29, 1.82) is 0 Å². The maximum Gasteiger partial charge on any atom is 0.338 e. The van der Waals surface area contributed by atoms with E-state index in [4.69, 9.17) is 4.74 Å². The molecule has 0 aliphatic rings. The molecule has 0 saturated heterocycles. The Morgan fingerprint density at radius 3 is 2.55 bits per heavy atom. The molecule has 0 atom stereocenters. The smallest absolute Gasteiger partial charge is 0.338 e. The summed E-state index contributed by atoms with van der Waals surface area (Å²) in [5.74, 6) is -0.546. The molecule has 0 bridgehead atoms. The first-order valence-electron chi connectivity index (χ1n) is 6.79. The first-order chi connectivity index (χ1) is 10.4. The highest BCUT2D eigenvalue weighted by molar-refractivity contribution is 7.92. The van der Waals surface area contributed by atoms with Crippen molar-refractivity contribution >= 4 is 21.7 Å².